The number of hydrogen-bond acceptors (Lipinski definition) is 6. The quantitative estimate of drug-likeness (QED) is 0.806. The number of benzene rings is 1. The molecule has 0 bridgehead atoms. The molecule has 2 rings (SSSR count). The van der Waals surface area contributed by atoms with Crippen LogP contribution in [0.1, 0.15) is 5.82 Å². The highest BCUT2D eigenvalue weighted by molar-refractivity contribution is 6.43. The maximum absolute atomic E-state index is 12.3. The smallest absolute Gasteiger partial charge is 0.404 e. The Labute approximate surface area is 136 Å². The van der Waals surface area contributed by atoms with Gasteiger partial charge in [0.15, 0.2) is 5.75 Å². The van der Waals surface area contributed by atoms with Crippen LogP contribution < -0.4 is 10.1 Å². The standard InChI is InChI=1S/C11H5Cl2F3N6O/c12-7-1-6(2-8(9(7)13)23-11(14,15)16)18-4-5(3-17)10-19-21-22-20-10/h1-2,4,18H,(H,19,20,21,22). The molecule has 120 valence electrons. The third-order valence-electron chi connectivity index (χ3n) is 2.31. The van der Waals surface area contributed by atoms with E-state index >= 15 is 0 Å². The second-order valence-corrected chi connectivity index (χ2v) is 4.65. The molecule has 23 heavy (non-hydrogen) atoms. The molecule has 2 aromatic rings. The van der Waals surface area contributed by atoms with Crippen molar-refractivity contribution in [2.75, 3.05) is 5.32 Å². The van der Waals surface area contributed by atoms with Crippen LogP contribution in [-0.4, -0.2) is 27.0 Å². The maximum atomic E-state index is 12.3. The number of aromatic amines is 1. The van der Waals surface area contributed by atoms with Gasteiger partial charge in [0.1, 0.15) is 16.7 Å². The van der Waals surface area contributed by atoms with Crippen molar-refractivity contribution in [2.45, 2.75) is 6.36 Å². The lowest BCUT2D eigenvalue weighted by molar-refractivity contribution is -0.274. The number of ether oxygens (including phenoxy) is 1. The molecule has 0 spiro atoms. The molecule has 1 heterocycles. The van der Waals surface area contributed by atoms with Crippen LogP contribution in [0.25, 0.3) is 5.57 Å². The second-order valence-electron chi connectivity index (χ2n) is 3.87. The molecule has 0 saturated heterocycles. The molecule has 0 saturated carbocycles. The number of tetrazole rings is 1. The average Bonchev–Trinajstić information content (AvgIpc) is 2.97. The van der Waals surface area contributed by atoms with Gasteiger partial charge in [-0.25, -0.2) is 0 Å². The number of allylic oxidation sites excluding steroid dienone is 1. The number of rotatable bonds is 4. The van der Waals surface area contributed by atoms with E-state index in [1.54, 1.807) is 6.07 Å². The van der Waals surface area contributed by atoms with Crippen LogP contribution >= 0.6 is 23.2 Å². The van der Waals surface area contributed by atoms with Crippen LogP contribution in [0.2, 0.25) is 10.0 Å². The summed E-state index contributed by atoms with van der Waals surface area (Å²) >= 11 is 11.4. The number of nitriles is 1. The minimum atomic E-state index is -4.93. The number of alkyl halides is 3. The topological polar surface area (TPSA) is 99.5 Å². The van der Waals surface area contributed by atoms with Gasteiger partial charge in [0.05, 0.1) is 5.02 Å². The molecule has 0 fully saturated rings. The Morgan fingerprint density at radius 1 is 1.39 bits per heavy atom. The monoisotopic (exact) mass is 364 g/mol. The number of aromatic nitrogens is 4. The van der Waals surface area contributed by atoms with Crippen molar-refractivity contribution in [1.82, 2.24) is 20.6 Å². The van der Waals surface area contributed by atoms with Crippen LogP contribution in [0.15, 0.2) is 18.3 Å². The highest BCUT2D eigenvalue weighted by atomic mass is 35.5. The van der Waals surface area contributed by atoms with Crippen molar-refractivity contribution >= 4 is 34.5 Å². The Hall–Kier alpha value is -2.51. The van der Waals surface area contributed by atoms with Crippen molar-refractivity contribution in [1.29, 1.82) is 5.26 Å². The lowest BCUT2D eigenvalue weighted by atomic mass is 10.2. The predicted octanol–water partition coefficient (Wildman–Crippen LogP) is 3.38. The molecule has 7 nitrogen and oxygen atoms in total. The van der Waals surface area contributed by atoms with Gasteiger partial charge in [-0.05, 0) is 11.3 Å². The molecular weight excluding hydrogens is 360 g/mol. The summed E-state index contributed by atoms with van der Waals surface area (Å²) < 4.78 is 40.7. The Balaban J connectivity index is 2.29. The van der Waals surface area contributed by atoms with Crippen molar-refractivity contribution in [2.24, 2.45) is 0 Å². The molecule has 1 aromatic carbocycles. The van der Waals surface area contributed by atoms with Crippen molar-refractivity contribution in [3.63, 3.8) is 0 Å². The van der Waals surface area contributed by atoms with E-state index in [0.717, 1.165) is 6.07 Å². The van der Waals surface area contributed by atoms with E-state index < -0.39 is 17.1 Å². The van der Waals surface area contributed by atoms with Gasteiger partial charge in [-0.2, -0.15) is 10.5 Å². The first-order valence-electron chi connectivity index (χ1n) is 5.65. The molecule has 0 aliphatic rings. The number of nitrogens with zero attached hydrogens (tertiary/aromatic N) is 4. The average molecular weight is 365 g/mol. The lowest BCUT2D eigenvalue weighted by Crippen LogP contribution is -2.17. The molecule has 12 heteroatoms. The molecule has 0 atom stereocenters. The fourth-order valence-electron chi connectivity index (χ4n) is 1.42. The summed E-state index contributed by atoms with van der Waals surface area (Å²) in [5.74, 6) is -0.674. The number of anilines is 1. The van der Waals surface area contributed by atoms with Crippen LogP contribution in [0.4, 0.5) is 18.9 Å². The summed E-state index contributed by atoms with van der Waals surface area (Å²) in [6, 6.07) is 4.03. The zero-order valence-corrected chi connectivity index (χ0v) is 12.3. The molecule has 2 N–H and O–H groups in total. The first-order chi connectivity index (χ1) is 10.8. The fourth-order valence-corrected chi connectivity index (χ4v) is 1.78. The van der Waals surface area contributed by atoms with Crippen LogP contribution in [-0.2, 0) is 0 Å². The van der Waals surface area contributed by atoms with Gasteiger partial charge in [0.2, 0.25) is 5.82 Å². The first-order valence-corrected chi connectivity index (χ1v) is 6.41. The zero-order valence-electron chi connectivity index (χ0n) is 10.8. The molecule has 0 radical (unpaired) electrons. The number of halogens is 5. The van der Waals surface area contributed by atoms with Gasteiger partial charge in [-0.15, -0.1) is 23.4 Å². The Morgan fingerprint density at radius 2 is 2.13 bits per heavy atom. The van der Waals surface area contributed by atoms with Gasteiger partial charge in [0.25, 0.3) is 0 Å². The first kappa shape index (κ1) is 16.9. The fraction of sp³-hybridized carbons (Fsp3) is 0.0909. The lowest BCUT2D eigenvalue weighted by Gasteiger charge is -2.13. The van der Waals surface area contributed by atoms with Crippen LogP contribution in [0.3, 0.4) is 0 Å². The van der Waals surface area contributed by atoms with Crippen molar-refractivity contribution in [3.8, 4) is 11.8 Å². The van der Waals surface area contributed by atoms with E-state index in [2.05, 4.69) is 30.7 Å². The van der Waals surface area contributed by atoms with E-state index in [-0.39, 0.29) is 22.1 Å². The summed E-state index contributed by atoms with van der Waals surface area (Å²) in [6.45, 7) is 0. The maximum Gasteiger partial charge on any atom is 0.573 e. The van der Waals surface area contributed by atoms with Gasteiger partial charge >= 0.3 is 6.36 Å². The van der Waals surface area contributed by atoms with E-state index in [1.165, 1.54) is 12.3 Å². The summed E-state index contributed by atoms with van der Waals surface area (Å²) in [6.07, 6.45) is -3.76. The molecule has 0 unspecified atom stereocenters. The molecule has 1 aromatic heterocycles. The summed E-state index contributed by atoms with van der Waals surface area (Å²) in [5.41, 5.74) is 0.0954. The number of nitrogens with one attached hydrogen (secondary N) is 2. The summed E-state index contributed by atoms with van der Waals surface area (Å²) in [4.78, 5) is 0. The number of hydrogen-bond donors (Lipinski definition) is 2. The highest BCUT2D eigenvalue weighted by Crippen LogP contribution is 2.38. The third kappa shape index (κ3) is 4.48. The molecular formula is C11H5Cl2F3N6O. The zero-order chi connectivity index (χ0) is 17.0. The van der Waals surface area contributed by atoms with Crippen molar-refractivity contribution in [3.05, 3.63) is 34.2 Å². The van der Waals surface area contributed by atoms with Gasteiger partial charge in [-0.3, -0.25) is 0 Å². The number of H-pyrrole nitrogens is 1. The van der Waals surface area contributed by atoms with E-state index in [0.29, 0.717) is 0 Å². The summed E-state index contributed by atoms with van der Waals surface area (Å²) in [5, 5.41) is 23.7. The summed E-state index contributed by atoms with van der Waals surface area (Å²) in [7, 11) is 0. The normalized spacial score (nSPS) is 11.9. The molecule has 0 amide bonds. The van der Waals surface area contributed by atoms with Crippen LogP contribution in [0, 0.1) is 11.3 Å². The van der Waals surface area contributed by atoms with Crippen LogP contribution in [0.5, 0.6) is 5.75 Å². The SMILES string of the molecule is N#CC(=CNc1cc(Cl)c(Cl)c(OC(F)(F)F)c1)c1nn[nH]n1. The molecule has 0 aliphatic heterocycles. The van der Waals surface area contributed by atoms with E-state index in [1.807, 2.05) is 0 Å². The van der Waals surface area contributed by atoms with E-state index in [4.69, 9.17) is 28.5 Å². The van der Waals surface area contributed by atoms with E-state index in [9.17, 15) is 13.2 Å². The van der Waals surface area contributed by atoms with Gasteiger partial charge < -0.3 is 10.1 Å². The minimum Gasteiger partial charge on any atom is -0.404 e. The Morgan fingerprint density at radius 3 is 2.70 bits per heavy atom. The van der Waals surface area contributed by atoms with Gasteiger partial charge in [0, 0.05) is 18.0 Å². The highest BCUT2D eigenvalue weighted by Gasteiger charge is 2.32. The van der Waals surface area contributed by atoms with Crippen molar-refractivity contribution < 1.29 is 17.9 Å². The Kier molecular flexibility index (Phi) is 4.92. The second kappa shape index (κ2) is 6.72. The van der Waals surface area contributed by atoms with Gasteiger partial charge in [-0.1, -0.05) is 23.2 Å². The minimum absolute atomic E-state index is 0.00632. The Bertz CT molecular complexity index is 769. The molecule has 0 aliphatic carbocycles. The predicted molar refractivity (Wildman–Crippen MR) is 74.5 cm³/mol. The third-order valence-corrected chi connectivity index (χ3v) is 3.10. The largest absolute Gasteiger partial charge is 0.573 e.